The van der Waals surface area contributed by atoms with Crippen molar-refractivity contribution in [3.05, 3.63) is 51.5 Å². The molecule has 1 aliphatic rings. The number of hydrogen-bond acceptors (Lipinski definition) is 2. The van der Waals surface area contributed by atoms with Crippen LogP contribution in [0.2, 0.25) is 0 Å². The molecule has 2 aromatic rings. The summed E-state index contributed by atoms with van der Waals surface area (Å²) >= 11 is 3.57. The molecular formula is C14H16BrN3. The summed E-state index contributed by atoms with van der Waals surface area (Å²) in [5, 5.41) is 0. The Bertz CT molecular complexity index is 562. The topological polar surface area (TPSA) is 54.7 Å². The Labute approximate surface area is 115 Å². The number of aromatic amines is 1. The summed E-state index contributed by atoms with van der Waals surface area (Å²) in [6.07, 6.45) is 3.82. The zero-order valence-electron chi connectivity index (χ0n) is 10.1. The first kappa shape index (κ1) is 11.9. The molecule has 0 aliphatic heterocycles. The molecule has 1 heterocycles. The van der Waals surface area contributed by atoms with Crippen molar-refractivity contribution in [2.24, 2.45) is 5.73 Å². The molecule has 3 N–H and O–H groups in total. The van der Waals surface area contributed by atoms with Gasteiger partial charge >= 0.3 is 0 Å². The molecule has 3 rings (SSSR count). The van der Waals surface area contributed by atoms with Gasteiger partial charge in [-0.05, 0) is 24.5 Å². The molecule has 0 saturated carbocycles. The third kappa shape index (κ3) is 2.35. The van der Waals surface area contributed by atoms with E-state index in [1.807, 2.05) is 6.07 Å². The molecule has 1 aliphatic carbocycles. The maximum Gasteiger partial charge on any atom is 0.111 e. The second-order valence-corrected chi connectivity index (χ2v) is 5.73. The second-order valence-electron chi connectivity index (χ2n) is 4.88. The molecule has 18 heavy (non-hydrogen) atoms. The summed E-state index contributed by atoms with van der Waals surface area (Å²) in [5.74, 6) is 1.04. The number of fused-ring (bicyclic) bond motifs is 1. The molecule has 1 aromatic heterocycles. The summed E-state index contributed by atoms with van der Waals surface area (Å²) in [5.41, 5.74) is 9.68. The number of nitrogens with two attached hydrogens (primary N) is 1. The lowest BCUT2D eigenvalue weighted by Gasteiger charge is -2.15. The molecule has 4 heteroatoms. The predicted molar refractivity (Wildman–Crippen MR) is 75.5 cm³/mol. The van der Waals surface area contributed by atoms with Gasteiger partial charge in [-0.25, -0.2) is 4.98 Å². The van der Waals surface area contributed by atoms with Gasteiger partial charge in [-0.1, -0.05) is 34.1 Å². The van der Waals surface area contributed by atoms with Crippen LogP contribution in [0.15, 0.2) is 28.7 Å². The quantitative estimate of drug-likeness (QED) is 0.896. The number of imidazole rings is 1. The van der Waals surface area contributed by atoms with E-state index >= 15 is 0 Å². The van der Waals surface area contributed by atoms with E-state index in [1.54, 1.807) is 0 Å². The minimum Gasteiger partial charge on any atom is -0.345 e. The standard InChI is InChI=1S/C14H16BrN3/c15-11-4-2-1-3-9(11)7-14-17-12-6-5-10(16)8-13(12)18-14/h1-4,10H,5-8,16H2,(H,17,18). The predicted octanol–water partition coefficient (Wildman–Crippen LogP) is 2.58. The average Bonchev–Trinajstić information content (AvgIpc) is 2.73. The Kier molecular flexibility index (Phi) is 3.22. The lowest BCUT2D eigenvalue weighted by atomic mass is 9.97. The van der Waals surface area contributed by atoms with Crippen LogP contribution in [0.3, 0.4) is 0 Å². The van der Waals surface area contributed by atoms with E-state index in [4.69, 9.17) is 5.73 Å². The fraction of sp³-hybridized carbons (Fsp3) is 0.357. The molecule has 1 unspecified atom stereocenters. The molecule has 0 saturated heterocycles. The Hall–Kier alpha value is -1.13. The molecule has 3 nitrogen and oxygen atoms in total. The zero-order valence-corrected chi connectivity index (χ0v) is 11.7. The van der Waals surface area contributed by atoms with Gasteiger partial charge in [0.05, 0.1) is 5.69 Å². The molecular weight excluding hydrogens is 290 g/mol. The average molecular weight is 306 g/mol. The highest BCUT2D eigenvalue weighted by molar-refractivity contribution is 9.10. The molecule has 94 valence electrons. The van der Waals surface area contributed by atoms with Gasteiger partial charge < -0.3 is 10.7 Å². The number of aryl methyl sites for hydroxylation is 1. The molecule has 0 amide bonds. The lowest BCUT2D eigenvalue weighted by molar-refractivity contribution is 0.565. The number of aromatic nitrogens is 2. The normalized spacial score (nSPS) is 18.7. The molecule has 1 aromatic carbocycles. The van der Waals surface area contributed by atoms with Gasteiger partial charge in [-0.15, -0.1) is 0 Å². The smallest absolute Gasteiger partial charge is 0.111 e. The van der Waals surface area contributed by atoms with Gasteiger partial charge in [0.2, 0.25) is 0 Å². The zero-order chi connectivity index (χ0) is 12.5. The fourth-order valence-electron chi connectivity index (χ4n) is 2.47. The molecule has 1 atom stereocenters. The minimum atomic E-state index is 0.286. The maximum absolute atomic E-state index is 5.98. The first-order chi connectivity index (χ1) is 8.72. The van der Waals surface area contributed by atoms with Crippen molar-refractivity contribution >= 4 is 15.9 Å². The van der Waals surface area contributed by atoms with Crippen LogP contribution in [-0.4, -0.2) is 16.0 Å². The molecule has 0 spiro atoms. The number of hydrogen-bond donors (Lipinski definition) is 2. The Balaban J connectivity index is 1.84. The first-order valence-electron chi connectivity index (χ1n) is 6.28. The number of H-pyrrole nitrogens is 1. The number of nitrogens with zero attached hydrogens (tertiary/aromatic N) is 1. The van der Waals surface area contributed by atoms with Crippen LogP contribution in [0.25, 0.3) is 0 Å². The fourth-order valence-corrected chi connectivity index (χ4v) is 2.90. The van der Waals surface area contributed by atoms with E-state index in [0.29, 0.717) is 0 Å². The van der Waals surface area contributed by atoms with Crippen LogP contribution in [0.1, 0.15) is 29.2 Å². The van der Waals surface area contributed by atoms with Gasteiger partial charge in [0.15, 0.2) is 0 Å². The highest BCUT2D eigenvalue weighted by atomic mass is 79.9. The van der Waals surface area contributed by atoms with E-state index in [0.717, 1.165) is 36.0 Å². The van der Waals surface area contributed by atoms with E-state index in [2.05, 4.69) is 44.1 Å². The van der Waals surface area contributed by atoms with Crippen molar-refractivity contribution in [3.8, 4) is 0 Å². The van der Waals surface area contributed by atoms with Gasteiger partial charge in [-0.3, -0.25) is 0 Å². The maximum atomic E-state index is 5.98. The van der Waals surface area contributed by atoms with Crippen LogP contribution < -0.4 is 5.73 Å². The number of benzene rings is 1. The number of halogens is 1. The second kappa shape index (κ2) is 4.86. The van der Waals surface area contributed by atoms with Crippen molar-refractivity contribution in [2.75, 3.05) is 0 Å². The van der Waals surface area contributed by atoms with Gasteiger partial charge in [0.25, 0.3) is 0 Å². The van der Waals surface area contributed by atoms with Gasteiger partial charge in [0, 0.05) is 29.1 Å². The number of rotatable bonds is 2. The number of nitrogens with one attached hydrogen (secondary N) is 1. The molecule has 0 bridgehead atoms. The summed E-state index contributed by atoms with van der Waals surface area (Å²) in [7, 11) is 0. The lowest BCUT2D eigenvalue weighted by Crippen LogP contribution is -2.27. The first-order valence-corrected chi connectivity index (χ1v) is 7.07. The van der Waals surface area contributed by atoms with Crippen LogP contribution >= 0.6 is 15.9 Å². The Morgan fingerprint density at radius 2 is 2.22 bits per heavy atom. The highest BCUT2D eigenvalue weighted by Gasteiger charge is 2.19. The van der Waals surface area contributed by atoms with Gasteiger partial charge in [-0.2, -0.15) is 0 Å². The van der Waals surface area contributed by atoms with E-state index in [-0.39, 0.29) is 6.04 Å². The minimum absolute atomic E-state index is 0.286. The third-order valence-electron chi connectivity index (χ3n) is 3.45. The largest absolute Gasteiger partial charge is 0.345 e. The summed E-state index contributed by atoms with van der Waals surface area (Å²) in [4.78, 5) is 8.12. The molecule has 0 radical (unpaired) electrons. The third-order valence-corrected chi connectivity index (χ3v) is 4.22. The van der Waals surface area contributed by atoms with Crippen LogP contribution in [-0.2, 0) is 19.3 Å². The monoisotopic (exact) mass is 305 g/mol. The van der Waals surface area contributed by atoms with Crippen molar-refractivity contribution in [2.45, 2.75) is 31.7 Å². The van der Waals surface area contributed by atoms with E-state index < -0.39 is 0 Å². The summed E-state index contributed by atoms with van der Waals surface area (Å²) in [6, 6.07) is 8.55. The van der Waals surface area contributed by atoms with Crippen molar-refractivity contribution in [1.29, 1.82) is 0 Å². The summed E-state index contributed by atoms with van der Waals surface area (Å²) in [6.45, 7) is 0. The Morgan fingerprint density at radius 3 is 3.06 bits per heavy atom. The van der Waals surface area contributed by atoms with Crippen LogP contribution in [0.4, 0.5) is 0 Å². The van der Waals surface area contributed by atoms with Crippen molar-refractivity contribution < 1.29 is 0 Å². The summed E-state index contributed by atoms with van der Waals surface area (Å²) < 4.78 is 1.14. The van der Waals surface area contributed by atoms with Crippen molar-refractivity contribution in [1.82, 2.24) is 9.97 Å². The Morgan fingerprint density at radius 1 is 1.39 bits per heavy atom. The van der Waals surface area contributed by atoms with Crippen LogP contribution in [0, 0.1) is 0 Å². The van der Waals surface area contributed by atoms with Crippen molar-refractivity contribution in [3.63, 3.8) is 0 Å². The SMILES string of the molecule is NC1CCc2nc(Cc3ccccc3Br)[nH]c2C1. The van der Waals surface area contributed by atoms with Crippen LogP contribution in [0.5, 0.6) is 0 Å². The van der Waals surface area contributed by atoms with Gasteiger partial charge in [0.1, 0.15) is 5.82 Å². The molecule has 0 fully saturated rings. The van der Waals surface area contributed by atoms with E-state index in [1.165, 1.54) is 17.0 Å². The highest BCUT2D eigenvalue weighted by Crippen LogP contribution is 2.22. The van der Waals surface area contributed by atoms with E-state index in [9.17, 15) is 0 Å².